The van der Waals surface area contributed by atoms with Gasteiger partial charge in [0, 0.05) is 18.3 Å². The first kappa shape index (κ1) is 7.95. The average molecular weight is 176 g/mol. The molecule has 4 heteroatoms. The normalized spacial score (nSPS) is 42.3. The molecule has 2 rings (SSSR count). The van der Waals surface area contributed by atoms with Crippen molar-refractivity contribution >= 4 is 5.97 Å². The topological polar surface area (TPSA) is 37.3 Å². The third-order valence-corrected chi connectivity index (χ3v) is 3.00. The summed E-state index contributed by atoms with van der Waals surface area (Å²) in [4.78, 5) is 10.3. The van der Waals surface area contributed by atoms with Crippen molar-refractivity contribution in [3.63, 3.8) is 0 Å². The molecule has 0 spiro atoms. The third-order valence-electron chi connectivity index (χ3n) is 3.00. The molecule has 0 aromatic carbocycles. The largest absolute Gasteiger partial charge is 0.481 e. The second-order valence-electron chi connectivity index (χ2n) is 3.82. The fraction of sp³-hybridized carbons (Fsp3) is 0.875. The SMILES string of the molecule is O=C(O)CC1CC2[C@@H](C1)C2(F)F. The molecular formula is C8H10F2O2. The molecule has 2 saturated carbocycles. The van der Waals surface area contributed by atoms with Crippen LogP contribution in [0.4, 0.5) is 8.78 Å². The number of hydrogen-bond acceptors (Lipinski definition) is 1. The van der Waals surface area contributed by atoms with Gasteiger partial charge in [0.2, 0.25) is 0 Å². The van der Waals surface area contributed by atoms with Gasteiger partial charge in [-0.05, 0) is 18.8 Å². The molecule has 1 N–H and O–H groups in total. The lowest BCUT2D eigenvalue weighted by Gasteiger charge is -2.10. The molecule has 2 nitrogen and oxygen atoms in total. The van der Waals surface area contributed by atoms with E-state index in [1.807, 2.05) is 0 Å². The molecule has 2 unspecified atom stereocenters. The Morgan fingerprint density at radius 3 is 2.33 bits per heavy atom. The Hall–Kier alpha value is -0.670. The van der Waals surface area contributed by atoms with Crippen LogP contribution in [0, 0.1) is 17.8 Å². The Balaban J connectivity index is 1.86. The molecule has 2 aliphatic carbocycles. The van der Waals surface area contributed by atoms with Gasteiger partial charge >= 0.3 is 5.97 Å². The van der Waals surface area contributed by atoms with E-state index in [1.165, 1.54) is 0 Å². The van der Waals surface area contributed by atoms with Crippen molar-refractivity contribution in [2.45, 2.75) is 25.2 Å². The summed E-state index contributed by atoms with van der Waals surface area (Å²) in [5.74, 6) is -4.33. The summed E-state index contributed by atoms with van der Waals surface area (Å²) in [6.45, 7) is 0. The van der Waals surface area contributed by atoms with Gasteiger partial charge in [-0.3, -0.25) is 4.79 Å². The highest BCUT2D eigenvalue weighted by atomic mass is 19.3. The summed E-state index contributed by atoms with van der Waals surface area (Å²) in [6, 6.07) is 0. The molecule has 0 radical (unpaired) electrons. The number of aliphatic carboxylic acids is 1. The number of alkyl halides is 2. The van der Waals surface area contributed by atoms with E-state index in [0.29, 0.717) is 12.8 Å². The molecule has 0 saturated heterocycles. The molecular weight excluding hydrogens is 166 g/mol. The third kappa shape index (κ3) is 1.01. The van der Waals surface area contributed by atoms with Gasteiger partial charge in [-0.15, -0.1) is 0 Å². The lowest BCUT2D eigenvalue weighted by molar-refractivity contribution is -0.138. The molecule has 2 aliphatic rings. The van der Waals surface area contributed by atoms with E-state index < -0.39 is 23.7 Å². The van der Waals surface area contributed by atoms with Crippen LogP contribution in [-0.2, 0) is 4.79 Å². The van der Waals surface area contributed by atoms with Crippen LogP contribution in [0.2, 0.25) is 0 Å². The fourth-order valence-electron chi connectivity index (χ4n) is 2.33. The summed E-state index contributed by atoms with van der Waals surface area (Å²) >= 11 is 0. The minimum Gasteiger partial charge on any atom is -0.481 e. The van der Waals surface area contributed by atoms with Crippen molar-refractivity contribution in [2.24, 2.45) is 17.8 Å². The minimum atomic E-state index is -2.46. The van der Waals surface area contributed by atoms with Gasteiger partial charge < -0.3 is 5.11 Å². The van der Waals surface area contributed by atoms with Crippen molar-refractivity contribution in [3.8, 4) is 0 Å². The number of carboxylic acids is 1. The number of hydrogen-bond donors (Lipinski definition) is 1. The van der Waals surface area contributed by atoms with E-state index in [1.54, 1.807) is 0 Å². The summed E-state index contributed by atoms with van der Waals surface area (Å²) in [5, 5.41) is 8.42. The lowest BCUT2D eigenvalue weighted by atomic mass is 9.99. The highest BCUT2D eigenvalue weighted by Crippen LogP contribution is 2.66. The summed E-state index contributed by atoms with van der Waals surface area (Å²) in [6.07, 6.45) is 0.872. The predicted octanol–water partition coefficient (Wildman–Crippen LogP) is 1.75. The summed E-state index contributed by atoms with van der Waals surface area (Å²) in [5.41, 5.74) is 0. The predicted molar refractivity (Wildman–Crippen MR) is 36.9 cm³/mol. The van der Waals surface area contributed by atoms with Crippen LogP contribution in [0.1, 0.15) is 19.3 Å². The number of rotatable bonds is 2. The van der Waals surface area contributed by atoms with Gasteiger partial charge in [-0.1, -0.05) is 0 Å². The Kier molecular flexibility index (Phi) is 1.44. The Morgan fingerprint density at radius 2 is 1.92 bits per heavy atom. The second-order valence-corrected chi connectivity index (χ2v) is 3.82. The van der Waals surface area contributed by atoms with Crippen molar-refractivity contribution in [2.75, 3.05) is 0 Å². The number of halogens is 2. The van der Waals surface area contributed by atoms with E-state index >= 15 is 0 Å². The maximum atomic E-state index is 12.6. The molecule has 0 amide bonds. The smallest absolute Gasteiger partial charge is 0.303 e. The quantitative estimate of drug-likeness (QED) is 0.695. The molecule has 0 aromatic heterocycles. The number of carbonyl (C=O) groups is 1. The van der Waals surface area contributed by atoms with Crippen molar-refractivity contribution < 1.29 is 18.7 Å². The molecule has 0 aliphatic heterocycles. The standard InChI is InChI=1S/C8H10F2O2/c9-8(10)5-1-4(2-6(5)8)3-7(11)12/h4-6H,1-3H2,(H,11,12)/t4?,5-,6?/m1/s1. The zero-order chi connectivity index (χ0) is 8.93. The number of carboxylic acid groups (broad SMARTS) is 1. The summed E-state index contributed by atoms with van der Waals surface area (Å²) < 4.78 is 25.2. The van der Waals surface area contributed by atoms with Gasteiger partial charge in [-0.25, -0.2) is 8.78 Å². The molecule has 0 heterocycles. The van der Waals surface area contributed by atoms with Crippen LogP contribution in [0.25, 0.3) is 0 Å². The van der Waals surface area contributed by atoms with Gasteiger partial charge in [0.1, 0.15) is 0 Å². The average Bonchev–Trinajstić information content (AvgIpc) is 2.38. The summed E-state index contributed by atoms with van der Waals surface area (Å²) in [7, 11) is 0. The van der Waals surface area contributed by atoms with Crippen molar-refractivity contribution in [1.82, 2.24) is 0 Å². The molecule has 12 heavy (non-hydrogen) atoms. The van der Waals surface area contributed by atoms with Crippen molar-refractivity contribution in [3.05, 3.63) is 0 Å². The van der Waals surface area contributed by atoms with Crippen LogP contribution in [0.3, 0.4) is 0 Å². The first-order valence-electron chi connectivity index (χ1n) is 4.11. The van der Waals surface area contributed by atoms with Crippen molar-refractivity contribution in [1.29, 1.82) is 0 Å². The molecule has 68 valence electrons. The van der Waals surface area contributed by atoms with E-state index in [2.05, 4.69) is 0 Å². The van der Waals surface area contributed by atoms with Gasteiger partial charge in [-0.2, -0.15) is 0 Å². The van der Waals surface area contributed by atoms with Crippen LogP contribution < -0.4 is 0 Å². The first-order chi connectivity index (χ1) is 5.51. The molecule has 0 bridgehead atoms. The Bertz CT molecular complexity index is 213. The van der Waals surface area contributed by atoms with Crippen LogP contribution in [0.5, 0.6) is 0 Å². The van der Waals surface area contributed by atoms with Crippen LogP contribution in [-0.4, -0.2) is 17.0 Å². The maximum Gasteiger partial charge on any atom is 0.303 e. The number of fused-ring (bicyclic) bond motifs is 1. The molecule has 0 aromatic rings. The Labute approximate surface area is 68.6 Å². The van der Waals surface area contributed by atoms with E-state index in [9.17, 15) is 13.6 Å². The first-order valence-corrected chi connectivity index (χ1v) is 4.11. The highest BCUT2D eigenvalue weighted by molar-refractivity contribution is 5.67. The Morgan fingerprint density at radius 1 is 1.42 bits per heavy atom. The van der Waals surface area contributed by atoms with E-state index in [0.717, 1.165) is 0 Å². The van der Waals surface area contributed by atoms with Gasteiger partial charge in [0.05, 0.1) is 0 Å². The minimum absolute atomic E-state index is 0.00266. The fourth-order valence-corrected chi connectivity index (χ4v) is 2.33. The van der Waals surface area contributed by atoms with E-state index in [4.69, 9.17) is 5.11 Å². The molecule has 3 atom stereocenters. The van der Waals surface area contributed by atoms with E-state index in [-0.39, 0.29) is 12.3 Å². The lowest BCUT2D eigenvalue weighted by Crippen LogP contribution is -2.11. The second kappa shape index (κ2) is 2.18. The highest BCUT2D eigenvalue weighted by Gasteiger charge is 2.71. The van der Waals surface area contributed by atoms with Gasteiger partial charge in [0.25, 0.3) is 5.92 Å². The van der Waals surface area contributed by atoms with Crippen LogP contribution in [0.15, 0.2) is 0 Å². The maximum absolute atomic E-state index is 12.6. The zero-order valence-electron chi connectivity index (χ0n) is 6.46. The molecule has 2 fully saturated rings. The van der Waals surface area contributed by atoms with Crippen LogP contribution >= 0.6 is 0 Å². The monoisotopic (exact) mass is 176 g/mol. The zero-order valence-corrected chi connectivity index (χ0v) is 6.46. The van der Waals surface area contributed by atoms with Gasteiger partial charge in [0.15, 0.2) is 0 Å².